The molecule has 0 N–H and O–H groups in total. The van der Waals surface area contributed by atoms with Gasteiger partial charge in [0.2, 0.25) is 11.8 Å². The highest BCUT2D eigenvalue weighted by Gasteiger charge is 2.64. The SMILES string of the molecule is CN1C(=O)N(C)C(=O)C2(Cc3cc([N+](=O)[O-])ccc3N3CCN(c4ccccc4F)C[C@@H]32)C1=O. The van der Waals surface area contributed by atoms with Crippen LogP contribution in [0.4, 0.5) is 26.2 Å². The van der Waals surface area contributed by atoms with E-state index in [-0.39, 0.29) is 18.7 Å². The van der Waals surface area contributed by atoms with Crippen LogP contribution in [0, 0.1) is 21.3 Å². The maximum Gasteiger partial charge on any atom is 0.332 e. The van der Waals surface area contributed by atoms with E-state index in [4.69, 9.17) is 0 Å². The molecule has 11 heteroatoms. The minimum absolute atomic E-state index is 0.101. The van der Waals surface area contributed by atoms with Crippen molar-refractivity contribution in [1.82, 2.24) is 9.80 Å². The summed E-state index contributed by atoms with van der Waals surface area (Å²) in [5.74, 6) is -1.74. The molecule has 10 nitrogen and oxygen atoms in total. The van der Waals surface area contributed by atoms with Crippen LogP contribution >= 0.6 is 0 Å². The zero-order chi connectivity index (χ0) is 24.4. The molecule has 0 saturated carbocycles. The molecule has 0 aliphatic carbocycles. The topological polar surface area (TPSA) is 107 Å². The van der Waals surface area contributed by atoms with Gasteiger partial charge in [-0.2, -0.15) is 0 Å². The molecule has 1 atom stereocenters. The number of piperazine rings is 1. The molecule has 3 heterocycles. The molecule has 0 radical (unpaired) electrons. The number of carbonyl (C=O) groups is 3. The van der Waals surface area contributed by atoms with E-state index in [9.17, 15) is 28.9 Å². The van der Waals surface area contributed by atoms with E-state index in [2.05, 4.69) is 0 Å². The second-order valence-corrected chi connectivity index (χ2v) is 8.84. The average molecular weight is 467 g/mol. The third-order valence-electron chi connectivity index (χ3n) is 7.14. The predicted octanol–water partition coefficient (Wildman–Crippen LogP) is 2.02. The number of hydrogen-bond donors (Lipinski definition) is 0. The molecule has 1 spiro atoms. The van der Waals surface area contributed by atoms with Crippen LogP contribution in [-0.4, -0.2) is 72.3 Å². The number of nitro benzene ring substituents is 1. The van der Waals surface area contributed by atoms with Crippen molar-refractivity contribution in [3.8, 4) is 0 Å². The van der Waals surface area contributed by atoms with Gasteiger partial charge in [0.15, 0.2) is 5.41 Å². The highest BCUT2D eigenvalue weighted by molar-refractivity contribution is 6.20. The summed E-state index contributed by atoms with van der Waals surface area (Å²) in [6.45, 7) is 0.926. The van der Waals surface area contributed by atoms with Crippen molar-refractivity contribution in [1.29, 1.82) is 0 Å². The molecular weight excluding hydrogens is 445 g/mol. The van der Waals surface area contributed by atoms with Crippen LogP contribution in [0.15, 0.2) is 42.5 Å². The van der Waals surface area contributed by atoms with Gasteiger partial charge in [0.25, 0.3) is 5.69 Å². The van der Waals surface area contributed by atoms with Crippen molar-refractivity contribution in [3.63, 3.8) is 0 Å². The molecule has 2 saturated heterocycles. The van der Waals surface area contributed by atoms with Crippen molar-refractivity contribution >= 4 is 34.9 Å². The van der Waals surface area contributed by atoms with Crippen molar-refractivity contribution in [2.24, 2.45) is 5.41 Å². The van der Waals surface area contributed by atoms with E-state index in [0.29, 0.717) is 30.0 Å². The molecule has 0 unspecified atom stereocenters. The number of fused-ring (bicyclic) bond motifs is 4. The predicted molar refractivity (Wildman–Crippen MR) is 120 cm³/mol. The smallest absolute Gasteiger partial charge is 0.332 e. The Morgan fingerprint density at radius 3 is 2.32 bits per heavy atom. The highest BCUT2D eigenvalue weighted by atomic mass is 19.1. The van der Waals surface area contributed by atoms with E-state index < -0.39 is 40.0 Å². The van der Waals surface area contributed by atoms with Crippen LogP contribution in [0.3, 0.4) is 0 Å². The fourth-order valence-electron chi connectivity index (χ4n) is 5.47. The van der Waals surface area contributed by atoms with Gasteiger partial charge in [-0.25, -0.2) is 9.18 Å². The van der Waals surface area contributed by atoms with E-state index in [1.807, 2.05) is 4.90 Å². The molecule has 0 aromatic heterocycles. The number of carbonyl (C=O) groups excluding carboxylic acids is 3. The van der Waals surface area contributed by atoms with Crippen molar-refractivity contribution in [2.45, 2.75) is 12.5 Å². The van der Waals surface area contributed by atoms with Crippen molar-refractivity contribution < 1.29 is 23.7 Å². The number of barbiturate groups is 1. The van der Waals surface area contributed by atoms with Gasteiger partial charge in [-0.3, -0.25) is 29.5 Å². The van der Waals surface area contributed by atoms with E-state index in [0.717, 1.165) is 9.80 Å². The number of non-ortho nitro benzene ring substituents is 1. The number of urea groups is 1. The third-order valence-corrected chi connectivity index (χ3v) is 7.14. The van der Waals surface area contributed by atoms with Crippen LogP contribution in [-0.2, 0) is 16.0 Å². The summed E-state index contributed by atoms with van der Waals surface area (Å²) in [6.07, 6.45) is -0.101. The lowest BCUT2D eigenvalue weighted by Crippen LogP contribution is -2.74. The summed E-state index contributed by atoms with van der Waals surface area (Å²) in [5.41, 5.74) is -0.296. The first kappa shape index (κ1) is 21.8. The third kappa shape index (κ3) is 2.89. The molecule has 2 aromatic rings. The van der Waals surface area contributed by atoms with Gasteiger partial charge in [-0.15, -0.1) is 0 Å². The number of nitrogens with zero attached hydrogens (tertiary/aromatic N) is 5. The first-order chi connectivity index (χ1) is 16.2. The molecule has 176 valence electrons. The lowest BCUT2D eigenvalue weighted by molar-refractivity contribution is -0.384. The molecule has 5 rings (SSSR count). The minimum Gasteiger partial charge on any atom is -0.365 e. The number of hydrogen-bond acceptors (Lipinski definition) is 7. The Balaban J connectivity index is 1.67. The quantitative estimate of drug-likeness (QED) is 0.378. The Kier molecular flexibility index (Phi) is 4.81. The summed E-state index contributed by atoms with van der Waals surface area (Å²) in [4.78, 5) is 56.2. The maximum absolute atomic E-state index is 14.6. The van der Waals surface area contributed by atoms with Gasteiger partial charge in [0, 0.05) is 58.0 Å². The zero-order valence-corrected chi connectivity index (χ0v) is 18.6. The molecule has 3 aliphatic rings. The lowest BCUT2D eigenvalue weighted by Gasteiger charge is -2.56. The van der Waals surface area contributed by atoms with E-state index in [1.165, 1.54) is 32.3 Å². The fourth-order valence-corrected chi connectivity index (χ4v) is 5.47. The fraction of sp³-hybridized carbons (Fsp3) is 0.348. The molecule has 0 bridgehead atoms. The molecule has 4 amide bonds. The van der Waals surface area contributed by atoms with E-state index >= 15 is 0 Å². The zero-order valence-electron chi connectivity index (χ0n) is 18.6. The normalized spacial score (nSPS) is 21.6. The van der Waals surface area contributed by atoms with Crippen LogP contribution in [0.1, 0.15) is 5.56 Å². The van der Waals surface area contributed by atoms with Gasteiger partial charge >= 0.3 is 6.03 Å². The monoisotopic (exact) mass is 467 g/mol. The standard InChI is InChI=1S/C23H22FN5O5/c1-25-20(30)23(21(31)26(2)22(25)32)12-14-11-15(29(33)34)7-8-17(14)28-10-9-27(13-19(23)28)18-6-4-3-5-16(18)24/h3-8,11,19H,9-10,12-13H2,1-2H3/t19-/m1/s1. The summed E-state index contributed by atoms with van der Waals surface area (Å²) in [6, 6.07) is 9.25. The summed E-state index contributed by atoms with van der Waals surface area (Å²) < 4.78 is 14.6. The van der Waals surface area contributed by atoms with Gasteiger partial charge in [-0.05, 0) is 23.8 Å². The van der Waals surface area contributed by atoms with Gasteiger partial charge in [0.1, 0.15) is 5.82 Å². The number of halogens is 1. The number of amides is 4. The Bertz CT molecular complexity index is 1230. The highest BCUT2D eigenvalue weighted by Crippen LogP contribution is 2.48. The number of rotatable bonds is 2. The number of imide groups is 2. The van der Waals surface area contributed by atoms with Gasteiger partial charge < -0.3 is 9.80 Å². The number of para-hydroxylation sites is 1. The summed E-state index contributed by atoms with van der Waals surface area (Å²) in [7, 11) is 2.64. The van der Waals surface area contributed by atoms with Crippen LogP contribution < -0.4 is 9.80 Å². The molecule has 3 aliphatic heterocycles. The van der Waals surface area contributed by atoms with Crippen LogP contribution in [0.2, 0.25) is 0 Å². The number of anilines is 2. The average Bonchev–Trinajstić information content (AvgIpc) is 2.84. The first-order valence-electron chi connectivity index (χ1n) is 10.8. The molecule has 2 aromatic carbocycles. The second-order valence-electron chi connectivity index (χ2n) is 8.84. The number of benzene rings is 2. The maximum atomic E-state index is 14.6. The molecular formula is C23H22FN5O5. The van der Waals surface area contributed by atoms with Gasteiger partial charge in [-0.1, -0.05) is 12.1 Å². The Labute approximate surface area is 194 Å². The summed E-state index contributed by atoms with van der Waals surface area (Å²) in [5, 5.41) is 11.4. The Hall–Kier alpha value is -4.02. The van der Waals surface area contributed by atoms with Crippen molar-refractivity contribution in [2.75, 3.05) is 43.5 Å². The Morgan fingerprint density at radius 2 is 1.68 bits per heavy atom. The van der Waals surface area contributed by atoms with Crippen LogP contribution in [0.5, 0.6) is 0 Å². The number of nitro groups is 1. The Morgan fingerprint density at radius 1 is 1.00 bits per heavy atom. The van der Waals surface area contributed by atoms with Gasteiger partial charge in [0.05, 0.1) is 16.7 Å². The second kappa shape index (κ2) is 7.51. The molecule has 2 fully saturated rings. The van der Waals surface area contributed by atoms with Crippen LogP contribution in [0.25, 0.3) is 0 Å². The molecule has 34 heavy (non-hydrogen) atoms. The first-order valence-corrected chi connectivity index (χ1v) is 10.8. The minimum atomic E-state index is -1.69. The largest absolute Gasteiger partial charge is 0.365 e. The summed E-state index contributed by atoms with van der Waals surface area (Å²) >= 11 is 0. The lowest BCUT2D eigenvalue weighted by atomic mass is 9.67. The van der Waals surface area contributed by atoms with Crippen molar-refractivity contribution in [3.05, 3.63) is 64.0 Å². The van der Waals surface area contributed by atoms with E-state index in [1.54, 1.807) is 29.2 Å².